The molecule has 0 fully saturated rings. The van der Waals surface area contributed by atoms with Gasteiger partial charge in [-0.3, -0.25) is 0 Å². The van der Waals surface area contributed by atoms with Gasteiger partial charge in [-0.15, -0.1) is 11.3 Å². The van der Waals surface area contributed by atoms with Gasteiger partial charge in [0.15, 0.2) is 0 Å². The Morgan fingerprint density at radius 2 is 1.79 bits per heavy atom. The lowest BCUT2D eigenvalue weighted by atomic mass is 10.2. The highest BCUT2D eigenvalue weighted by molar-refractivity contribution is 7.21. The zero-order valence-corrected chi connectivity index (χ0v) is 17.0. The molecular weight excluding hydrogens is 404 g/mol. The minimum atomic E-state index is 0.518. The fourth-order valence-corrected chi connectivity index (χ4v) is 4.35. The van der Waals surface area contributed by atoms with Crippen LogP contribution in [0.4, 0.5) is 11.5 Å². The van der Waals surface area contributed by atoms with Crippen LogP contribution in [0, 0.1) is 0 Å². The number of thiazole rings is 1. The van der Waals surface area contributed by atoms with Crippen LogP contribution < -0.4 is 10.1 Å². The van der Waals surface area contributed by atoms with E-state index in [9.17, 15) is 0 Å². The predicted molar refractivity (Wildman–Crippen MR) is 119 cm³/mol. The second kappa shape index (κ2) is 7.31. The molecule has 5 rings (SSSR count). The van der Waals surface area contributed by atoms with Crippen LogP contribution in [0.15, 0.2) is 67.0 Å². The predicted octanol–water partition coefficient (Wildman–Crippen LogP) is 6.31. The van der Waals surface area contributed by atoms with Crippen LogP contribution >= 0.6 is 22.9 Å². The zero-order chi connectivity index (χ0) is 19.8. The fourth-order valence-electron chi connectivity index (χ4n) is 3.14. The standard InChI is InChI=1S/C22H15ClN4OS/c1-28-19-10-15-18(11-16(19)23)24-12-25-21(15)26-14-8-6-13(7-9-14)22-27-17-4-2-3-5-20(17)29-22/h2-12H,1H3,(H,24,25,26). The van der Waals surface area contributed by atoms with Gasteiger partial charge in [-0.2, -0.15) is 0 Å². The molecule has 0 bridgehead atoms. The molecule has 2 aromatic heterocycles. The maximum atomic E-state index is 6.21. The first-order valence-corrected chi connectivity index (χ1v) is 10.1. The lowest BCUT2D eigenvalue weighted by Gasteiger charge is -2.10. The Labute approximate surface area is 176 Å². The van der Waals surface area contributed by atoms with Gasteiger partial charge < -0.3 is 10.1 Å². The monoisotopic (exact) mass is 418 g/mol. The molecule has 3 aromatic carbocycles. The van der Waals surface area contributed by atoms with Crippen LogP contribution in [0.1, 0.15) is 0 Å². The number of benzene rings is 3. The van der Waals surface area contributed by atoms with Crippen LogP contribution in [-0.2, 0) is 0 Å². The van der Waals surface area contributed by atoms with Crippen molar-refractivity contribution in [3.63, 3.8) is 0 Å². The molecule has 5 nitrogen and oxygen atoms in total. The van der Waals surface area contributed by atoms with Crippen LogP contribution in [0.2, 0.25) is 5.02 Å². The van der Waals surface area contributed by atoms with Crippen molar-refractivity contribution in [1.29, 1.82) is 0 Å². The van der Waals surface area contributed by atoms with E-state index >= 15 is 0 Å². The number of halogens is 1. The quantitative estimate of drug-likeness (QED) is 0.370. The third-order valence-corrected chi connectivity index (χ3v) is 5.98. The Kier molecular flexibility index (Phi) is 4.50. The molecular formula is C22H15ClN4OS. The fraction of sp³-hybridized carbons (Fsp3) is 0.0455. The molecule has 7 heteroatoms. The van der Waals surface area contributed by atoms with Crippen LogP contribution in [0.3, 0.4) is 0 Å². The van der Waals surface area contributed by atoms with Crippen molar-refractivity contribution < 1.29 is 4.74 Å². The summed E-state index contributed by atoms with van der Waals surface area (Å²) in [5, 5.41) is 5.72. The zero-order valence-electron chi connectivity index (χ0n) is 15.4. The van der Waals surface area contributed by atoms with Gasteiger partial charge in [0.2, 0.25) is 0 Å². The number of anilines is 2. The summed E-state index contributed by atoms with van der Waals surface area (Å²) >= 11 is 7.90. The molecule has 0 aliphatic heterocycles. The number of rotatable bonds is 4. The average Bonchev–Trinajstić information content (AvgIpc) is 3.18. The molecule has 0 aliphatic carbocycles. The third-order valence-electron chi connectivity index (χ3n) is 4.60. The molecule has 0 unspecified atom stereocenters. The lowest BCUT2D eigenvalue weighted by Crippen LogP contribution is -1.97. The van der Waals surface area contributed by atoms with E-state index in [4.69, 9.17) is 21.3 Å². The highest BCUT2D eigenvalue weighted by Gasteiger charge is 2.10. The maximum absolute atomic E-state index is 6.21. The van der Waals surface area contributed by atoms with E-state index in [-0.39, 0.29) is 0 Å². The number of hydrogen-bond acceptors (Lipinski definition) is 6. The largest absolute Gasteiger partial charge is 0.495 e. The molecule has 5 aromatic rings. The Hall–Kier alpha value is -3.22. The van der Waals surface area contributed by atoms with E-state index in [2.05, 4.69) is 33.5 Å². The molecule has 29 heavy (non-hydrogen) atoms. The molecule has 2 heterocycles. The highest BCUT2D eigenvalue weighted by Crippen LogP contribution is 2.34. The van der Waals surface area contributed by atoms with E-state index in [0.717, 1.165) is 32.7 Å². The van der Waals surface area contributed by atoms with E-state index in [1.165, 1.54) is 11.0 Å². The van der Waals surface area contributed by atoms with Crippen LogP contribution in [0.5, 0.6) is 5.75 Å². The summed E-state index contributed by atoms with van der Waals surface area (Å²) in [6, 6.07) is 19.9. The van der Waals surface area contributed by atoms with Gasteiger partial charge in [0, 0.05) is 16.6 Å². The molecule has 142 valence electrons. The minimum absolute atomic E-state index is 0.518. The van der Waals surface area contributed by atoms with Crippen molar-refractivity contribution in [3.05, 3.63) is 72.0 Å². The molecule has 0 saturated heterocycles. The molecule has 0 aliphatic rings. The van der Waals surface area contributed by atoms with Crippen LogP contribution in [0.25, 0.3) is 31.7 Å². The number of ether oxygens (including phenoxy) is 1. The van der Waals surface area contributed by atoms with Gasteiger partial charge in [-0.25, -0.2) is 15.0 Å². The number of nitrogens with one attached hydrogen (secondary N) is 1. The van der Waals surface area contributed by atoms with Crippen molar-refractivity contribution in [3.8, 4) is 16.3 Å². The van der Waals surface area contributed by atoms with E-state index < -0.39 is 0 Å². The van der Waals surface area contributed by atoms with Gasteiger partial charge in [-0.1, -0.05) is 23.7 Å². The summed E-state index contributed by atoms with van der Waals surface area (Å²) in [6.45, 7) is 0. The number of fused-ring (bicyclic) bond motifs is 2. The summed E-state index contributed by atoms with van der Waals surface area (Å²) in [5.41, 5.74) is 3.77. The number of aromatic nitrogens is 3. The van der Waals surface area contributed by atoms with Crippen molar-refractivity contribution >= 4 is 55.6 Å². The van der Waals surface area contributed by atoms with Gasteiger partial charge in [-0.05, 0) is 48.5 Å². The first-order chi connectivity index (χ1) is 14.2. The second-order valence-corrected chi connectivity index (χ2v) is 7.85. The van der Waals surface area contributed by atoms with Gasteiger partial charge >= 0.3 is 0 Å². The Morgan fingerprint density at radius 1 is 0.966 bits per heavy atom. The molecule has 0 spiro atoms. The van der Waals surface area contributed by atoms with Gasteiger partial charge in [0.05, 0.1) is 27.9 Å². The molecule has 0 amide bonds. The summed E-state index contributed by atoms with van der Waals surface area (Å²) in [5.74, 6) is 1.28. The smallest absolute Gasteiger partial charge is 0.141 e. The van der Waals surface area contributed by atoms with Crippen LogP contribution in [-0.4, -0.2) is 22.1 Å². The minimum Gasteiger partial charge on any atom is -0.495 e. The number of hydrogen-bond donors (Lipinski definition) is 1. The van der Waals surface area contributed by atoms with Crippen molar-refractivity contribution in [2.24, 2.45) is 0 Å². The maximum Gasteiger partial charge on any atom is 0.141 e. The Balaban J connectivity index is 1.46. The van der Waals surface area contributed by atoms with E-state index in [1.54, 1.807) is 24.5 Å². The first kappa shape index (κ1) is 17.8. The number of para-hydroxylation sites is 1. The molecule has 0 saturated carbocycles. The molecule has 0 atom stereocenters. The van der Waals surface area contributed by atoms with Crippen molar-refractivity contribution in [1.82, 2.24) is 15.0 Å². The highest BCUT2D eigenvalue weighted by atomic mass is 35.5. The molecule has 0 radical (unpaired) electrons. The summed E-state index contributed by atoms with van der Waals surface area (Å²) < 4.78 is 6.51. The topological polar surface area (TPSA) is 59.9 Å². The normalized spacial score (nSPS) is 11.1. The summed E-state index contributed by atoms with van der Waals surface area (Å²) in [7, 11) is 1.59. The third kappa shape index (κ3) is 3.37. The summed E-state index contributed by atoms with van der Waals surface area (Å²) in [4.78, 5) is 13.4. The summed E-state index contributed by atoms with van der Waals surface area (Å²) in [6.07, 6.45) is 1.52. The lowest BCUT2D eigenvalue weighted by molar-refractivity contribution is 0.415. The SMILES string of the molecule is COc1cc2c(Nc3ccc(-c4nc5ccccc5s4)cc3)ncnc2cc1Cl. The van der Waals surface area contributed by atoms with Gasteiger partial charge in [0.1, 0.15) is 22.9 Å². The number of nitrogens with zero attached hydrogens (tertiary/aromatic N) is 3. The van der Waals surface area contributed by atoms with E-state index in [1.807, 2.05) is 36.4 Å². The molecule has 1 N–H and O–H groups in total. The Bertz CT molecular complexity index is 1300. The second-order valence-electron chi connectivity index (χ2n) is 6.42. The van der Waals surface area contributed by atoms with Crippen molar-refractivity contribution in [2.75, 3.05) is 12.4 Å². The number of methoxy groups -OCH3 is 1. The average molecular weight is 419 g/mol. The van der Waals surface area contributed by atoms with Gasteiger partial charge in [0.25, 0.3) is 0 Å². The van der Waals surface area contributed by atoms with E-state index in [0.29, 0.717) is 16.6 Å². The van der Waals surface area contributed by atoms with Crippen molar-refractivity contribution in [2.45, 2.75) is 0 Å². The first-order valence-electron chi connectivity index (χ1n) is 8.92. The Morgan fingerprint density at radius 3 is 2.59 bits per heavy atom.